The topological polar surface area (TPSA) is 93.7 Å². The number of ether oxygens (including phenoxy) is 2. The molecule has 0 spiro atoms. The molecule has 2 aromatic heterocycles. The number of rotatable bonds is 7. The molecule has 3 heterocycles. The minimum absolute atomic E-state index is 0.171. The first-order valence-corrected chi connectivity index (χ1v) is 11.6. The highest BCUT2D eigenvalue weighted by atomic mass is 35.5. The number of aromatic nitrogens is 2. The highest BCUT2D eigenvalue weighted by molar-refractivity contribution is 6.29. The number of nitrogens with one attached hydrogen (secondary N) is 1. The second-order valence-electron chi connectivity index (χ2n) is 8.74. The molecule has 3 aromatic rings. The summed E-state index contributed by atoms with van der Waals surface area (Å²) in [6.45, 7) is 5.05. The van der Waals surface area contributed by atoms with Crippen molar-refractivity contribution < 1.29 is 19.1 Å². The first-order chi connectivity index (χ1) is 16.8. The van der Waals surface area contributed by atoms with Crippen molar-refractivity contribution in [2.45, 2.75) is 25.2 Å². The lowest BCUT2D eigenvalue weighted by Crippen LogP contribution is -2.65. The van der Waals surface area contributed by atoms with E-state index in [0.717, 1.165) is 11.1 Å². The number of hydrogen-bond acceptors (Lipinski definition) is 7. The number of methoxy groups -OCH3 is 2. The van der Waals surface area contributed by atoms with Crippen LogP contribution in [0, 0.1) is 0 Å². The Labute approximate surface area is 209 Å². The largest absolute Gasteiger partial charge is 0.494 e. The van der Waals surface area contributed by atoms with E-state index in [4.69, 9.17) is 21.1 Å². The van der Waals surface area contributed by atoms with Crippen LogP contribution in [0.25, 0.3) is 0 Å². The second-order valence-corrected chi connectivity index (χ2v) is 9.13. The Balaban J connectivity index is 1.68. The molecule has 182 valence electrons. The van der Waals surface area contributed by atoms with Crippen LogP contribution in [0.3, 0.4) is 0 Å². The fraction of sp³-hybridized carbons (Fsp3) is 0.308. The Morgan fingerprint density at radius 1 is 1.09 bits per heavy atom. The van der Waals surface area contributed by atoms with Crippen molar-refractivity contribution in [1.29, 1.82) is 0 Å². The molecule has 0 atom stereocenters. The molecule has 9 heteroatoms. The minimum Gasteiger partial charge on any atom is -0.494 e. The van der Waals surface area contributed by atoms with E-state index in [9.17, 15) is 9.59 Å². The van der Waals surface area contributed by atoms with Crippen molar-refractivity contribution in [2.24, 2.45) is 0 Å². The van der Waals surface area contributed by atoms with Gasteiger partial charge in [-0.3, -0.25) is 4.79 Å². The van der Waals surface area contributed by atoms with E-state index in [-0.39, 0.29) is 17.0 Å². The average molecular weight is 495 g/mol. The minimum atomic E-state index is -0.825. The van der Waals surface area contributed by atoms with Gasteiger partial charge in [0.15, 0.2) is 0 Å². The lowest BCUT2D eigenvalue weighted by Gasteiger charge is -2.50. The molecule has 1 fully saturated rings. The van der Waals surface area contributed by atoms with E-state index in [1.807, 2.05) is 23.1 Å². The summed E-state index contributed by atoms with van der Waals surface area (Å²) < 4.78 is 10.1. The lowest BCUT2D eigenvalue weighted by molar-refractivity contribution is -0.122. The van der Waals surface area contributed by atoms with E-state index in [1.54, 1.807) is 18.2 Å². The van der Waals surface area contributed by atoms with Crippen LogP contribution in [0.5, 0.6) is 5.75 Å². The smallest absolute Gasteiger partial charge is 0.339 e. The van der Waals surface area contributed by atoms with Crippen molar-refractivity contribution in [3.05, 3.63) is 76.7 Å². The Morgan fingerprint density at radius 2 is 1.83 bits per heavy atom. The quantitative estimate of drug-likeness (QED) is 0.383. The molecule has 0 saturated carbocycles. The first-order valence-electron chi connectivity index (χ1n) is 11.2. The monoisotopic (exact) mass is 494 g/mol. The summed E-state index contributed by atoms with van der Waals surface area (Å²) >= 11 is 5.99. The van der Waals surface area contributed by atoms with Gasteiger partial charge in [0.2, 0.25) is 5.91 Å². The van der Waals surface area contributed by atoms with Gasteiger partial charge in [-0.1, -0.05) is 49.7 Å². The number of esters is 1. The van der Waals surface area contributed by atoms with Crippen LogP contribution in [-0.4, -0.2) is 49.2 Å². The number of anilines is 2. The van der Waals surface area contributed by atoms with Crippen molar-refractivity contribution in [2.75, 3.05) is 37.5 Å². The molecule has 4 rings (SSSR count). The van der Waals surface area contributed by atoms with Gasteiger partial charge in [-0.2, -0.15) is 0 Å². The van der Waals surface area contributed by atoms with Gasteiger partial charge in [0.05, 0.1) is 26.0 Å². The van der Waals surface area contributed by atoms with Crippen LogP contribution in [0.4, 0.5) is 11.5 Å². The molecule has 0 bridgehead atoms. The maximum atomic E-state index is 13.9. The van der Waals surface area contributed by atoms with Gasteiger partial charge in [0, 0.05) is 25.4 Å². The van der Waals surface area contributed by atoms with Crippen LogP contribution >= 0.6 is 11.6 Å². The molecule has 1 amide bonds. The molecular formula is C26H27ClN4O4. The summed E-state index contributed by atoms with van der Waals surface area (Å²) in [5.74, 6) is 0.720. The van der Waals surface area contributed by atoms with Crippen LogP contribution in [0.1, 0.15) is 41.3 Å². The molecule has 1 aliphatic rings. The van der Waals surface area contributed by atoms with Gasteiger partial charge in [-0.05, 0) is 29.2 Å². The zero-order valence-electron chi connectivity index (χ0n) is 20.0. The number of carbonyl (C=O) groups is 2. The molecular weight excluding hydrogens is 468 g/mol. The standard InChI is InChI=1S/C26H27ClN4O4/c1-16(2)18-7-5-6-8-19(18)26(25(33)30-20-13-28-22(27)11-21(20)34-3)14-31(15-26)23-10-9-17(12-29-23)24(32)35-4/h5-13,16H,14-15H2,1-4H3,(H,30,33). The van der Waals surface area contributed by atoms with Crippen molar-refractivity contribution >= 4 is 35.0 Å². The normalized spacial score (nSPS) is 14.3. The van der Waals surface area contributed by atoms with Crippen LogP contribution in [0.15, 0.2) is 54.9 Å². The van der Waals surface area contributed by atoms with E-state index in [1.165, 1.54) is 26.6 Å². The molecule has 0 radical (unpaired) electrons. The van der Waals surface area contributed by atoms with Crippen LogP contribution in [0.2, 0.25) is 5.15 Å². The molecule has 1 N–H and O–H groups in total. The maximum Gasteiger partial charge on any atom is 0.339 e. The van der Waals surface area contributed by atoms with Crippen molar-refractivity contribution in [3.63, 3.8) is 0 Å². The molecule has 1 aromatic carbocycles. The average Bonchev–Trinajstić information content (AvgIpc) is 2.84. The second kappa shape index (κ2) is 9.92. The van der Waals surface area contributed by atoms with Crippen LogP contribution in [-0.2, 0) is 14.9 Å². The lowest BCUT2D eigenvalue weighted by atomic mass is 9.69. The van der Waals surface area contributed by atoms with Gasteiger partial charge in [0.1, 0.15) is 27.8 Å². The summed E-state index contributed by atoms with van der Waals surface area (Å²) in [4.78, 5) is 36.1. The van der Waals surface area contributed by atoms with Gasteiger partial charge in [0.25, 0.3) is 0 Å². The summed E-state index contributed by atoms with van der Waals surface area (Å²) in [7, 11) is 2.84. The maximum absolute atomic E-state index is 13.9. The molecule has 35 heavy (non-hydrogen) atoms. The van der Waals surface area contributed by atoms with E-state index < -0.39 is 11.4 Å². The number of benzene rings is 1. The van der Waals surface area contributed by atoms with Crippen molar-refractivity contribution in [1.82, 2.24) is 9.97 Å². The van der Waals surface area contributed by atoms with Gasteiger partial charge < -0.3 is 19.7 Å². The summed E-state index contributed by atoms with van der Waals surface area (Å²) in [6, 6.07) is 13.0. The van der Waals surface area contributed by atoms with Gasteiger partial charge in [-0.15, -0.1) is 0 Å². The SMILES string of the molecule is COC(=O)c1ccc(N2CC(C(=O)Nc3cnc(Cl)cc3OC)(c3ccccc3C(C)C)C2)nc1. The predicted molar refractivity (Wildman–Crippen MR) is 134 cm³/mol. The number of halogens is 1. The Kier molecular flexibility index (Phi) is 6.93. The number of nitrogens with zero attached hydrogens (tertiary/aromatic N) is 3. The third-order valence-corrected chi connectivity index (χ3v) is 6.45. The van der Waals surface area contributed by atoms with Crippen LogP contribution < -0.4 is 15.0 Å². The fourth-order valence-electron chi connectivity index (χ4n) is 4.37. The van der Waals surface area contributed by atoms with Gasteiger partial charge >= 0.3 is 5.97 Å². The summed E-state index contributed by atoms with van der Waals surface area (Å²) in [5, 5.41) is 3.28. The van der Waals surface area contributed by atoms with Crippen molar-refractivity contribution in [3.8, 4) is 5.75 Å². The Bertz CT molecular complexity index is 1240. The number of hydrogen-bond donors (Lipinski definition) is 1. The zero-order valence-corrected chi connectivity index (χ0v) is 20.8. The number of carbonyl (C=O) groups excluding carboxylic acids is 2. The molecule has 1 aliphatic heterocycles. The predicted octanol–water partition coefficient (Wildman–Crippen LogP) is 4.45. The summed E-state index contributed by atoms with van der Waals surface area (Å²) in [6.07, 6.45) is 2.97. The highest BCUT2D eigenvalue weighted by Gasteiger charge is 2.52. The fourth-order valence-corrected chi connectivity index (χ4v) is 4.52. The number of amides is 1. The number of pyridine rings is 2. The third-order valence-electron chi connectivity index (χ3n) is 6.25. The zero-order chi connectivity index (χ0) is 25.2. The van der Waals surface area contributed by atoms with E-state index in [0.29, 0.717) is 35.9 Å². The molecule has 8 nitrogen and oxygen atoms in total. The third kappa shape index (κ3) is 4.66. The molecule has 1 saturated heterocycles. The Morgan fingerprint density at radius 3 is 2.46 bits per heavy atom. The molecule has 0 aliphatic carbocycles. The van der Waals surface area contributed by atoms with E-state index in [2.05, 4.69) is 35.2 Å². The van der Waals surface area contributed by atoms with Gasteiger partial charge in [-0.25, -0.2) is 14.8 Å². The summed E-state index contributed by atoms with van der Waals surface area (Å²) in [5.41, 5.74) is 2.07. The van der Waals surface area contributed by atoms with E-state index >= 15 is 0 Å². The molecule has 0 unspecified atom stereocenters. The highest BCUT2D eigenvalue weighted by Crippen LogP contribution is 2.42. The Hall–Kier alpha value is -3.65. The first kappa shape index (κ1) is 24.5.